The second-order valence-corrected chi connectivity index (χ2v) is 3.38. The van der Waals surface area contributed by atoms with Crippen molar-refractivity contribution in [2.45, 2.75) is 19.3 Å². The Morgan fingerprint density at radius 3 is 2.94 bits per heavy atom. The standard InChI is InChI=1S/C12H12F2N2O/c1-2-3-4-5-7-16-12(17)9-6-8-15-11(14)10(9)13/h1,6,8H,3-5,7H2,(H,16,17). The van der Waals surface area contributed by atoms with Gasteiger partial charge in [0.05, 0.1) is 5.56 Å². The Bertz CT molecular complexity index is 441. The lowest BCUT2D eigenvalue weighted by molar-refractivity contribution is 0.0947. The van der Waals surface area contributed by atoms with Crippen LogP contribution in [0.3, 0.4) is 0 Å². The van der Waals surface area contributed by atoms with Crippen molar-refractivity contribution in [2.24, 2.45) is 0 Å². The first-order valence-corrected chi connectivity index (χ1v) is 5.18. The molecule has 90 valence electrons. The number of terminal acetylenes is 1. The average Bonchev–Trinajstić information content (AvgIpc) is 2.32. The lowest BCUT2D eigenvalue weighted by atomic mass is 10.2. The van der Waals surface area contributed by atoms with Crippen LogP contribution in [-0.2, 0) is 0 Å². The number of aromatic nitrogens is 1. The van der Waals surface area contributed by atoms with Gasteiger partial charge in [-0.25, -0.2) is 9.37 Å². The number of carbonyl (C=O) groups excluding carboxylic acids is 1. The quantitative estimate of drug-likeness (QED) is 0.483. The lowest BCUT2D eigenvalue weighted by Crippen LogP contribution is -2.25. The molecule has 1 amide bonds. The first-order valence-electron chi connectivity index (χ1n) is 5.18. The average molecular weight is 238 g/mol. The van der Waals surface area contributed by atoms with Crippen LogP contribution in [-0.4, -0.2) is 17.4 Å². The summed E-state index contributed by atoms with van der Waals surface area (Å²) in [7, 11) is 0. The highest BCUT2D eigenvalue weighted by molar-refractivity contribution is 5.94. The van der Waals surface area contributed by atoms with E-state index in [1.165, 1.54) is 0 Å². The van der Waals surface area contributed by atoms with Crippen molar-refractivity contribution in [3.05, 3.63) is 29.6 Å². The summed E-state index contributed by atoms with van der Waals surface area (Å²) in [4.78, 5) is 14.6. The van der Waals surface area contributed by atoms with Crippen molar-refractivity contribution in [1.29, 1.82) is 0 Å². The molecule has 0 fully saturated rings. The highest BCUT2D eigenvalue weighted by Crippen LogP contribution is 2.08. The lowest BCUT2D eigenvalue weighted by Gasteiger charge is -2.05. The SMILES string of the molecule is C#CCCCCNC(=O)c1ccnc(F)c1F. The maximum absolute atomic E-state index is 13.2. The molecule has 0 bridgehead atoms. The van der Waals surface area contributed by atoms with E-state index in [4.69, 9.17) is 6.42 Å². The summed E-state index contributed by atoms with van der Waals surface area (Å²) in [6.07, 6.45) is 8.22. The van der Waals surface area contributed by atoms with Gasteiger partial charge in [0.15, 0.2) is 5.82 Å². The molecule has 0 aliphatic heterocycles. The molecule has 0 unspecified atom stereocenters. The van der Waals surface area contributed by atoms with E-state index in [0.717, 1.165) is 18.7 Å². The van der Waals surface area contributed by atoms with Crippen LogP contribution < -0.4 is 5.32 Å². The van der Waals surface area contributed by atoms with E-state index in [1.54, 1.807) is 0 Å². The van der Waals surface area contributed by atoms with E-state index >= 15 is 0 Å². The van der Waals surface area contributed by atoms with Gasteiger partial charge in [-0.3, -0.25) is 4.79 Å². The molecule has 0 saturated carbocycles. The van der Waals surface area contributed by atoms with Crippen molar-refractivity contribution in [2.75, 3.05) is 6.54 Å². The molecule has 17 heavy (non-hydrogen) atoms. The maximum atomic E-state index is 13.2. The first kappa shape index (κ1) is 13.1. The largest absolute Gasteiger partial charge is 0.352 e. The number of hydrogen-bond donors (Lipinski definition) is 1. The molecule has 0 aliphatic carbocycles. The maximum Gasteiger partial charge on any atom is 0.254 e. The zero-order valence-corrected chi connectivity index (χ0v) is 9.17. The molecule has 1 heterocycles. The van der Waals surface area contributed by atoms with Gasteiger partial charge in [-0.1, -0.05) is 0 Å². The number of hydrogen-bond acceptors (Lipinski definition) is 2. The summed E-state index contributed by atoms with van der Waals surface area (Å²) in [5, 5.41) is 2.48. The van der Waals surface area contributed by atoms with Gasteiger partial charge >= 0.3 is 0 Å². The monoisotopic (exact) mass is 238 g/mol. The number of halogens is 2. The minimum atomic E-state index is -1.27. The van der Waals surface area contributed by atoms with Crippen LogP contribution in [0.25, 0.3) is 0 Å². The summed E-state index contributed by atoms with van der Waals surface area (Å²) in [5.41, 5.74) is -0.338. The Labute approximate surface area is 98.2 Å². The topological polar surface area (TPSA) is 42.0 Å². The van der Waals surface area contributed by atoms with Crippen molar-refractivity contribution < 1.29 is 13.6 Å². The minimum Gasteiger partial charge on any atom is -0.352 e. The van der Waals surface area contributed by atoms with Gasteiger partial charge < -0.3 is 5.32 Å². The molecule has 1 rings (SSSR count). The summed E-state index contributed by atoms with van der Waals surface area (Å²) in [6, 6.07) is 1.13. The number of amides is 1. The van der Waals surface area contributed by atoms with Crippen LogP contribution in [0.4, 0.5) is 8.78 Å². The fourth-order valence-corrected chi connectivity index (χ4v) is 1.24. The van der Waals surface area contributed by atoms with Crippen LogP contribution in [0, 0.1) is 24.1 Å². The highest BCUT2D eigenvalue weighted by Gasteiger charge is 2.15. The Morgan fingerprint density at radius 2 is 2.24 bits per heavy atom. The zero-order valence-electron chi connectivity index (χ0n) is 9.17. The molecule has 0 atom stereocenters. The molecular formula is C12H12F2N2O. The van der Waals surface area contributed by atoms with E-state index in [-0.39, 0.29) is 5.56 Å². The number of pyridine rings is 1. The van der Waals surface area contributed by atoms with Gasteiger partial charge in [0.25, 0.3) is 5.91 Å². The van der Waals surface area contributed by atoms with E-state index in [2.05, 4.69) is 16.2 Å². The van der Waals surface area contributed by atoms with Crippen LogP contribution in [0.5, 0.6) is 0 Å². The smallest absolute Gasteiger partial charge is 0.254 e. The summed E-state index contributed by atoms with van der Waals surface area (Å²) in [5.74, 6) is -0.676. The summed E-state index contributed by atoms with van der Waals surface area (Å²) >= 11 is 0. The number of carbonyl (C=O) groups is 1. The Morgan fingerprint density at radius 1 is 1.47 bits per heavy atom. The Hall–Kier alpha value is -1.96. The molecule has 0 radical (unpaired) electrons. The van der Waals surface area contributed by atoms with Crippen molar-refractivity contribution in [3.8, 4) is 12.3 Å². The Balaban J connectivity index is 2.48. The first-order chi connectivity index (χ1) is 8.16. The predicted octanol–water partition coefficient (Wildman–Crippen LogP) is 1.89. The molecule has 1 aromatic rings. The molecule has 1 aromatic heterocycles. The molecule has 0 aliphatic rings. The molecule has 1 N–H and O–H groups in total. The zero-order chi connectivity index (χ0) is 12.7. The normalized spacial score (nSPS) is 9.71. The number of rotatable bonds is 5. The van der Waals surface area contributed by atoms with Crippen LogP contribution in [0.15, 0.2) is 12.3 Å². The third kappa shape index (κ3) is 3.83. The van der Waals surface area contributed by atoms with Gasteiger partial charge in [0.1, 0.15) is 0 Å². The fourth-order valence-electron chi connectivity index (χ4n) is 1.24. The molecule has 0 aromatic carbocycles. The van der Waals surface area contributed by atoms with Crippen LogP contribution in [0.2, 0.25) is 0 Å². The van der Waals surface area contributed by atoms with Gasteiger partial charge in [-0.05, 0) is 18.9 Å². The predicted molar refractivity (Wildman–Crippen MR) is 59.2 cm³/mol. The van der Waals surface area contributed by atoms with Crippen LogP contribution >= 0.6 is 0 Å². The summed E-state index contributed by atoms with van der Waals surface area (Å²) < 4.78 is 25.9. The highest BCUT2D eigenvalue weighted by atomic mass is 19.2. The third-order valence-electron chi connectivity index (χ3n) is 2.12. The van der Waals surface area contributed by atoms with E-state index in [1.807, 2.05) is 0 Å². The number of nitrogens with one attached hydrogen (secondary N) is 1. The minimum absolute atomic E-state index is 0.338. The van der Waals surface area contributed by atoms with E-state index in [9.17, 15) is 13.6 Å². The van der Waals surface area contributed by atoms with Gasteiger partial charge in [0.2, 0.25) is 5.95 Å². The molecule has 0 spiro atoms. The van der Waals surface area contributed by atoms with Gasteiger partial charge in [0, 0.05) is 19.2 Å². The summed E-state index contributed by atoms with van der Waals surface area (Å²) in [6.45, 7) is 0.379. The molecule has 5 heteroatoms. The van der Waals surface area contributed by atoms with Gasteiger partial charge in [-0.2, -0.15) is 4.39 Å². The number of unbranched alkanes of at least 4 members (excludes halogenated alkanes) is 2. The fraction of sp³-hybridized carbons (Fsp3) is 0.333. The van der Waals surface area contributed by atoms with Crippen molar-refractivity contribution in [1.82, 2.24) is 10.3 Å². The third-order valence-corrected chi connectivity index (χ3v) is 2.12. The van der Waals surface area contributed by atoms with Crippen molar-refractivity contribution in [3.63, 3.8) is 0 Å². The number of nitrogens with zero attached hydrogens (tertiary/aromatic N) is 1. The second-order valence-electron chi connectivity index (χ2n) is 3.38. The van der Waals surface area contributed by atoms with Crippen molar-refractivity contribution >= 4 is 5.91 Å². The Kier molecular flexibility index (Phi) is 5.08. The molecular weight excluding hydrogens is 226 g/mol. The molecule has 0 saturated heterocycles. The van der Waals surface area contributed by atoms with Gasteiger partial charge in [-0.15, -0.1) is 12.3 Å². The van der Waals surface area contributed by atoms with E-state index in [0.29, 0.717) is 19.4 Å². The molecule has 3 nitrogen and oxygen atoms in total. The van der Waals surface area contributed by atoms with Crippen LogP contribution in [0.1, 0.15) is 29.6 Å². The van der Waals surface area contributed by atoms with E-state index < -0.39 is 17.7 Å². The second kappa shape index (κ2) is 6.59.